The molecule has 1 aliphatic heterocycles. The minimum atomic E-state index is -4.74. The molecule has 2 aromatic carbocycles. The van der Waals surface area contributed by atoms with Gasteiger partial charge >= 0.3 is 6.18 Å². The Morgan fingerprint density at radius 2 is 1.72 bits per heavy atom. The summed E-state index contributed by atoms with van der Waals surface area (Å²) in [5, 5.41) is 15.1. The number of aryl methyl sites for hydroxylation is 1. The summed E-state index contributed by atoms with van der Waals surface area (Å²) < 4.78 is 43.6. The molecule has 4 rings (SSSR count). The van der Waals surface area contributed by atoms with Crippen molar-refractivity contribution in [3.8, 4) is 5.69 Å². The molecule has 1 atom stereocenters. The van der Waals surface area contributed by atoms with Crippen LogP contribution in [0.25, 0.3) is 5.69 Å². The number of rotatable bonds is 3. The van der Waals surface area contributed by atoms with E-state index in [2.05, 4.69) is 20.7 Å². The molecule has 0 N–H and O–H groups in total. The van der Waals surface area contributed by atoms with Crippen molar-refractivity contribution < 1.29 is 18.0 Å². The van der Waals surface area contributed by atoms with Crippen molar-refractivity contribution in [3.63, 3.8) is 0 Å². The molecule has 0 radical (unpaired) electrons. The number of aromatic nitrogens is 4. The highest BCUT2D eigenvalue weighted by Gasteiger charge is 2.62. The fraction of sp³-hybridized carbons (Fsp3) is 0.222. The van der Waals surface area contributed by atoms with E-state index in [4.69, 9.17) is 28.0 Å². The van der Waals surface area contributed by atoms with E-state index in [9.17, 15) is 13.2 Å². The third-order valence-corrected chi connectivity index (χ3v) is 5.02. The molecule has 0 fully saturated rings. The minimum Gasteiger partial charge on any atom is -0.374 e. The summed E-state index contributed by atoms with van der Waals surface area (Å²) in [6.45, 7) is 1.73. The minimum absolute atomic E-state index is 0.0781. The zero-order valence-corrected chi connectivity index (χ0v) is 16.3. The van der Waals surface area contributed by atoms with Crippen LogP contribution in [-0.2, 0) is 10.4 Å². The van der Waals surface area contributed by atoms with Gasteiger partial charge in [0.2, 0.25) is 0 Å². The fourth-order valence-electron chi connectivity index (χ4n) is 3.11. The summed E-state index contributed by atoms with van der Waals surface area (Å²) in [7, 11) is 0. The second-order valence-electron chi connectivity index (χ2n) is 6.47. The Hall–Kier alpha value is -2.65. The Bertz CT molecular complexity index is 1080. The van der Waals surface area contributed by atoms with Crippen LogP contribution in [0.5, 0.6) is 0 Å². The lowest BCUT2D eigenvalue weighted by atomic mass is 9.86. The lowest BCUT2D eigenvalue weighted by molar-refractivity contribution is -0.275. The van der Waals surface area contributed by atoms with Crippen LogP contribution >= 0.6 is 23.2 Å². The van der Waals surface area contributed by atoms with Crippen molar-refractivity contribution in [1.29, 1.82) is 0 Å². The number of oxime groups is 1. The molecule has 0 amide bonds. The number of alkyl halides is 3. The van der Waals surface area contributed by atoms with E-state index in [1.165, 1.54) is 22.9 Å². The van der Waals surface area contributed by atoms with Gasteiger partial charge in [0.1, 0.15) is 0 Å². The molecule has 0 aliphatic carbocycles. The summed E-state index contributed by atoms with van der Waals surface area (Å²) in [6, 6.07) is 10.4. The molecule has 1 aliphatic rings. The van der Waals surface area contributed by atoms with Crippen LogP contribution in [-0.4, -0.2) is 32.1 Å². The molecule has 11 heteroatoms. The van der Waals surface area contributed by atoms with Crippen molar-refractivity contribution in [2.75, 3.05) is 0 Å². The summed E-state index contributed by atoms with van der Waals surface area (Å²) in [5.41, 5.74) is -1.57. The third-order valence-electron chi connectivity index (χ3n) is 4.59. The predicted molar refractivity (Wildman–Crippen MR) is 100 cm³/mol. The number of hydrogen-bond acceptors (Lipinski definition) is 5. The van der Waals surface area contributed by atoms with Gasteiger partial charge in [-0.1, -0.05) is 40.5 Å². The molecule has 0 saturated carbocycles. The van der Waals surface area contributed by atoms with E-state index in [-0.39, 0.29) is 21.3 Å². The summed E-state index contributed by atoms with van der Waals surface area (Å²) in [5.74, 6) is 0.577. The van der Waals surface area contributed by atoms with Gasteiger partial charge in [-0.15, -0.1) is 5.10 Å². The Labute approximate surface area is 172 Å². The van der Waals surface area contributed by atoms with Crippen molar-refractivity contribution in [3.05, 3.63) is 69.5 Å². The molecule has 150 valence electrons. The lowest BCUT2D eigenvalue weighted by Gasteiger charge is -2.29. The predicted octanol–water partition coefficient (Wildman–Crippen LogP) is 4.86. The Morgan fingerprint density at radius 3 is 2.28 bits per heavy atom. The van der Waals surface area contributed by atoms with Gasteiger partial charge in [-0.05, 0) is 53.2 Å². The van der Waals surface area contributed by atoms with Gasteiger partial charge in [0, 0.05) is 22.0 Å². The maximum absolute atomic E-state index is 14.0. The van der Waals surface area contributed by atoms with Crippen LogP contribution in [0.15, 0.2) is 47.6 Å². The lowest BCUT2D eigenvalue weighted by Crippen LogP contribution is -2.42. The first-order valence-electron chi connectivity index (χ1n) is 8.34. The van der Waals surface area contributed by atoms with Gasteiger partial charge in [-0.3, -0.25) is 0 Å². The molecule has 6 nitrogen and oxygen atoms in total. The van der Waals surface area contributed by atoms with Gasteiger partial charge < -0.3 is 4.84 Å². The maximum Gasteiger partial charge on any atom is 0.435 e. The average Bonchev–Trinajstić information content (AvgIpc) is 3.28. The van der Waals surface area contributed by atoms with Crippen LogP contribution < -0.4 is 0 Å². The smallest absolute Gasteiger partial charge is 0.374 e. The van der Waals surface area contributed by atoms with Gasteiger partial charge in [0.15, 0.2) is 5.82 Å². The molecule has 3 aromatic rings. The first-order valence-corrected chi connectivity index (χ1v) is 9.09. The molecule has 29 heavy (non-hydrogen) atoms. The molecule has 1 aromatic heterocycles. The standard InChI is InChI=1S/C18H12Cl2F3N5O/c1-10-24-26-27-28(10)15-4-2-11(3-5-15)16-9-17(29-25-16,18(21,22)23)12-6-13(19)8-14(20)7-12/h2-8H,9H2,1H3. The first kappa shape index (κ1) is 19.7. The highest BCUT2D eigenvalue weighted by atomic mass is 35.5. The van der Waals surface area contributed by atoms with Gasteiger partial charge in [-0.2, -0.15) is 17.9 Å². The van der Waals surface area contributed by atoms with Crippen molar-refractivity contribution in [1.82, 2.24) is 20.2 Å². The summed E-state index contributed by atoms with van der Waals surface area (Å²) >= 11 is 11.8. The number of nitrogens with zero attached hydrogens (tertiary/aromatic N) is 5. The van der Waals surface area contributed by atoms with Crippen LogP contribution in [0, 0.1) is 6.92 Å². The van der Waals surface area contributed by atoms with Gasteiger partial charge in [0.25, 0.3) is 5.60 Å². The summed E-state index contributed by atoms with van der Waals surface area (Å²) in [6.07, 6.45) is -5.26. The molecular formula is C18H12Cl2F3N5O. The fourth-order valence-corrected chi connectivity index (χ4v) is 3.64. The van der Waals surface area contributed by atoms with E-state index in [1.807, 2.05) is 0 Å². The molecule has 1 unspecified atom stereocenters. The number of hydrogen-bond donors (Lipinski definition) is 0. The molecule has 0 spiro atoms. The molecular weight excluding hydrogens is 430 g/mol. The first-order chi connectivity index (χ1) is 13.7. The van der Waals surface area contributed by atoms with Gasteiger partial charge in [0.05, 0.1) is 11.4 Å². The molecule has 2 heterocycles. The van der Waals surface area contributed by atoms with Gasteiger partial charge in [-0.25, -0.2) is 0 Å². The maximum atomic E-state index is 14.0. The second-order valence-corrected chi connectivity index (χ2v) is 7.35. The highest BCUT2D eigenvalue weighted by molar-refractivity contribution is 6.34. The van der Waals surface area contributed by atoms with Crippen molar-refractivity contribution in [2.24, 2.45) is 5.16 Å². The topological polar surface area (TPSA) is 65.2 Å². The number of benzene rings is 2. The third kappa shape index (κ3) is 3.44. The quantitative estimate of drug-likeness (QED) is 0.581. The van der Waals surface area contributed by atoms with Crippen LogP contribution in [0.4, 0.5) is 13.2 Å². The molecule has 0 bridgehead atoms. The van der Waals surface area contributed by atoms with Crippen LogP contribution in [0.1, 0.15) is 23.4 Å². The van der Waals surface area contributed by atoms with Crippen LogP contribution in [0.2, 0.25) is 10.0 Å². The van der Waals surface area contributed by atoms with E-state index < -0.39 is 18.2 Å². The Balaban J connectivity index is 1.67. The number of tetrazole rings is 1. The Kier molecular flexibility index (Phi) is 4.74. The van der Waals surface area contributed by atoms with Crippen molar-refractivity contribution >= 4 is 28.9 Å². The average molecular weight is 442 g/mol. The molecule has 0 saturated heterocycles. The monoisotopic (exact) mass is 441 g/mol. The van der Waals surface area contributed by atoms with Crippen molar-refractivity contribution in [2.45, 2.75) is 25.1 Å². The summed E-state index contributed by atoms with van der Waals surface area (Å²) in [4.78, 5) is 5.00. The van der Waals surface area contributed by atoms with E-state index in [0.29, 0.717) is 17.1 Å². The highest BCUT2D eigenvalue weighted by Crippen LogP contribution is 2.49. The normalized spacial score (nSPS) is 19.2. The van der Waals surface area contributed by atoms with E-state index in [0.717, 1.165) is 0 Å². The van der Waals surface area contributed by atoms with E-state index >= 15 is 0 Å². The van der Waals surface area contributed by atoms with Crippen LogP contribution in [0.3, 0.4) is 0 Å². The Morgan fingerprint density at radius 1 is 1.07 bits per heavy atom. The largest absolute Gasteiger partial charge is 0.435 e. The zero-order valence-electron chi connectivity index (χ0n) is 14.8. The number of halogens is 5. The van der Waals surface area contributed by atoms with E-state index in [1.54, 1.807) is 31.2 Å². The zero-order chi connectivity index (χ0) is 20.8. The second kappa shape index (κ2) is 7.00. The SMILES string of the molecule is Cc1nnnn1-c1ccc(C2=NOC(c3cc(Cl)cc(Cl)c3)(C(F)(F)F)C2)cc1.